The summed E-state index contributed by atoms with van der Waals surface area (Å²) in [6.07, 6.45) is 0. The van der Waals surface area contributed by atoms with Crippen molar-refractivity contribution in [1.29, 1.82) is 0 Å². The van der Waals surface area contributed by atoms with Gasteiger partial charge in [0.05, 0.1) is 28.1 Å². The molecule has 2 aliphatic heterocycles. The van der Waals surface area contributed by atoms with Gasteiger partial charge >= 0.3 is 0 Å². The van der Waals surface area contributed by atoms with E-state index in [1.54, 1.807) is 0 Å². The molecule has 0 bridgehead atoms. The molecule has 0 atom stereocenters. The van der Waals surface area contributed by atoms with Crippen LogP contribution in [-0.4, -0.2) is 4.57 Å². The SMILES string of the molecule is c1ccc(-n2c3ccccc3c3cc(-c4cc5c6c(c4)Sc4ccccc4N6c4ccccc4S5)ccc32)cc1. The Hall–Kier alpha value is -4.38. The summed E-state index contributed by atoms with van der Waals surface area (Å²) in [6.45, 7) is 0. The zero-order valence-electron chi connectivity index (χ0n) is 21.4. The molecule has 0 saturated carbocycles. The van der Waals surface area contributed by atoms with E-state index in [2.05, 4.69) is 143 Å². The van der Waals surface area contributed by atoms with Crippen molar-refractivity contribution < 1.29 is 0 Å². The van der Waals surface area contributed by atoms with Crippen molar-refractivity contribution in [2.45, 2.75) is 19.6 Å². The highest BCUT2D eigenvalue weighted by Gasteiger charge is 2.33. The van der Waals surface area contributed by atoms with Crippen molar-refractivity contribution in [3.63, 3.8) is 0 Å². The van der Waals surface area contributed by atoms with Crippen LogP contribution in [0.25, 0.3) is 38.6 Å². The van der Waals surface area contributed by atoms with E-state index in [1.165, 1.54) is 75.3 Å². The number of hydrogen-bond donors (Lipinski definition) is 0. The summed E-state index contributed by atoms with van der Waals surface area (Å²) in [5.41, 5.74) is 9.97. The molecule has 0 aliphatic carbocycles. The van der Waals surface area contributed by atoms with E-state index in [0.29, 0.717) is 0 Å². The lowest BCUT2D eigenvalue weighted by Crippen LogP contribution is -2.18. The third-order valence-corrected chi connectivity index (χ3v) is 10.1. The van der Waals surface area contributed by atoms with Crippen molar-refractivity contribution in [2.75, 3.05) is 4.90 Å². The Bertz CT molecular complexity index is 2060. The fourth-order valence-electron chi connectivity index (χ4n) is 6.20. The molecule has 1 aromatic heterocycles. The zero-order chi connectivity index (χ0) is 26.2. The molecule has 9 rings (SSSR count). The fourth-order valence-corrected chi connectivity index (χ4v) is 8.52. The second-order valence-corrected chi connectivity index (χ2v) is 12.4. The maximum atomic E-state index is 2.46. The second kappa shape index (κ2) is 8.56. The largest absolute Gasteiger partial charge is 0.309 e. The minimum Gasteiger partial charge on any atom is -0.309 e. The number of anilines is 3. The van der Waals surface area contributed by atoms with Crippen LogP contribution in [0.2, 0.25) is 0 Å². The first-order valence-electron chi connectivity index (χ1n) is 13.4. The minimum atomic E-state index is 1.19. The molecule has 0 unspecified atom stereocenters. The number of nitrogens with zero attached hydrogens (tertiary/aromatic N) is 2. The zero-order valence-corrected chi connectivity index (χ0v) is 23.0. The van der Waals surface area contributed by atoms with E-state index in [-0.39, 0.29) is 0 Å². The molecule has 6 aromatic carbocycles. The Kier molecular flexibility index (Phi) is 4.80. The standard InChI is InChI=1S/C36H22N2S2/c1-2-10-25(11-3-1)37-28-13-5-4-12-26(28)27-20-23(18-19-29(27)37)24-21-34-36-35(22-24)40-33-17-9-7-15-31(33)38(36)30-14-6-8-16-32(30)39-34/h1-22H. The van der Waals surface area contributed by atoms with Crippen LogP contribution < -0.4 is 4.90 Å². The van der Waals surface area contributed by atoms with Gasteiger partial charge in [0.2, 0.25) is 0 Å². The Morgan fingerprint density at radius 1 is 0.425 bits per heavy atom. The van der Waals surface area contributed by atoms with E-state index in [0.717, 1.165) is 0 Å². The van der Waals surface area contributed by atoms with Crippen LogP contribution in [0.5, 0.6) is 0 Å². The van der Waals surface area contributed by atoms with Crippen LogP contribution in [0, 0.1) is 0 Å². The molecule has 0 spiro atoms. The van der Waals surface area contributed by atoms with Gasteiger partial charge in [-0.1, -0.05) is 90.3 Å². The van der Waals surface area contributed by atoms with E-state index in [4.69, 9.17) is 0 Å². The minimum absolute atomic E-state index is 1.19. The summed E-state index contributed by atoms with van der Waals surface area (Å²) >= 11 is 3.76. The summed E-state index contributed by atoms with van der Waals surface area (Å²) in [6, 6.07) is 48.7. The van der Waals surface area contributed by atoms with Crippen LogP contribution in [0.15, 0.2) is 153 Å². The monoisotopic (exact) mass is 546 g/mol. The van der Waals surface area contributed by atoms with Crippen molar-refractivity contribution in [2.24, 2.45) is 0 Å². The molecule has 0 N–H and O–H groups in total. The predicted molar refractivity (Wildman–Crippen MR) is 169 cm³/mol. The molecular weight excluding hydrogens is 525 g/mol. The molecule has 188 valence electrons. The second-order valence-electron chi connectivity index (χ2n) is 10.2. The quantitative estimate of drug-likeness (QED) is 0.213. The maximum Gasteiger partial charge on any atom is 0.0742 e. The summed E-state index contributed by atoms with van der Waals surface area (Å²) in [5.74, 6) is 0. The van der Waals surface area contributed by atoms with E-state index < -0.39 is 0 Å². The molecule has 0 saturated heterocycles. The number of rotatable bonds is 2. The first kappa shape index (κ1) is 22.4. The molecular formula is C36H22N2S2. The first-order chi connectivity index (χ1) is 19.8. The number of benzene rings is 6. The Morgan fingerprint density at radius 3 is 1.75 bits per heavy atom. The van der Waals surface area contributed by atoms with Gasteiger partial charge in [-0.25, -0.2) is 0 Å². The van der Waals surface area contributed by atoms with Gasteiger partial charge in [0.1, 0.15) is 0 Å². The van der Waals surface area contributed by atoms with E-state index in [9.17, 15) is 0 Å². The van der Waals surface area contributed by atoms with Gasteiger partial charge in [0.25, 0.3) is 0 Å². The highest BCUT2D eigenvalue weighted by Crippen LogP contribution is 2.60. The molecule has 0 radical (unpaired) electrons. The van der Waals surface area contributed by atoms with Crippen molar-refractivity contribution in [3.05, 3.63) is 133 Å². The lowest BCUT2D eigenvalue weighted by molar-refractivity contribution is 1.09. The summed E-state index contributed by atoms with van der Waals surface area (Å²) in [5, 5.41) is 2.56. The van der Waals surface area contributed by atoms with Crippen molar-refractivity contribution in [1.82, 2.24) is 4.57 Å². The number of para-hydroxylation sites is 4. The first-order valence-corrected chi connectivity index (χ1v) is 15.1. The van der Waals surface area contributed by atoms with Gasteiger partial charge in [0, 0.05) is 36.0 Å². The smallest absolute Gasteiger partial charge is 0.0742 e. The summed E-state index contributed by atoms with van der Waals surface area (Å²) in [4.78, 5) is 7.66. The normalized spacial score (nSPS) is 13.2. The Balaban J connectivity index is 1.26. The fraction of sp³-hybridized carbons (Fsp3) is 0. The highest BCUT2D eigenvalue weighted by atomic mass is 32.2. The molecule has 0 amide bonds. The number of hydrogen-bond acceptors (Lipinski definition) is 3. The van der Waals surface area contributed by atoms with Gasteiger partial charge in [-0.2, -0.15) is 0 Å². The maximum absolute atomic E-state index is 2.46. The van der Waals surface area contributed by atoms with Gasteiger partial charge in [-0.15, -0.1) is 0 Å². The molecule has 2 nitrogen and oxygen atoms in total. The van der Waals surface area contributed by atoms with Crippen LogP contribution in [0.3, 0.4) is 0 Å². The van der Waals surface area contributed by atoms with Gasteiger partial charge in [-0.05, 0) is 77.9 Å². The van der Waals surface area contributed by atoms with E-state index >= 15 is 0 Å². The molecule has 4 heteroatoms. The van der Waals surface area contributed by atoms with Crippen LogP contribution in [0.4, 0.5) is 17.1 Å². The molecule has 2 aliphatic rings. The average molecular weight is 547 g/mol. The summed E-state index contributed by atoms with van der Waals surface area (Å²) < 4.78 is 2.38. The molecule has 3 heterocycles. The third kappa shape index (κ3) is 3.21. The topological polar surface area (TPSA) is 8.17 Å². The lowest BCUT2D eigenvalue weighted by Gasteiger charge is -2.38. The van der Waals surface area contributed by atoms with Crippen LogP contribution >= 0.6 is 23.5 Å². The molecule has 7 aromatic rings. The van der Waals surface area contributed by atoms with Gasteiger partial charge < -0.3 is 9.47 Å². The van der Waals surface area contributed by atoms with Crippen LogP contribution in [0.1, 0.15) is 0 Å². The number of fused-ring (bicyclic) bond motifs is 7. The average Bonchev–Trinajstić information content (AvgIpc) is 3.35. The lowest BCUT2D eigenvalue weighted by atomic mass is 10.0. The molecule has 0 fully saturated rings. The van der Waals surface area contributed by atoms with Gasteiger partial charge in [0.15, 0.2) is 0 Å². The Morgan fingerprint density at radius 2 is 1.02 bits per heavy atom. The number of aromatic nitrogens is 1. The molecule has 40 heavy (non-hydrogen) atoms. The Labute approximate surface area is 240 Å². The predicted octanol–water partition coefficient (Wildman–Crippen LogP) is 10.8. The van der Waals surface area contributed by atoms with Gasteiger partial charge in [-0.3, -0.25) is 0 Å². The third-order valence-electron chi connectivity index (χ3n) is 7.94. The highest BCUT2D eigenvalue weighted by molar-refractivity contribution is 8.00. The van der Waals surface area contributed by atoms with E-state index in [1.807, 2.05) is 23.5 Å². The van der Waals surface area contributed by atoms with Crippen molar-refractivity contribution in [3.8, 4) is 16.8 Å². The van der Waals surface area contributed by atoms with Crippen LogP contribution in [-0.2, 0) is 0 Å². The summed E-state index contributed by atoms with van der Waals surface area (Å²) in [7, 11) is 0. The van der Waals surface area contributed by atoms with Crippen molar-refractivity contribution >= 4 is 62.4 Å².